The number of benzene rings is 1. The molecule has 0 aliphatic carbocycles. The number of H-pyrrole nitrogens is 1. The molecule has 112 valence electrons. The third-order valence-corrected chi connectivity index (χ3v) is 3.30. The number of halogens is 1. The van der Waals surface area contributed by atoms with Gasteiger partial charge in [-0.2, -0.15) is 0 Å². The SMILES string of the molecule is Cc1ccc(CNCCCc2nc3ccccc3[nH]2)o1.Cl. The average Bonchev–Trinajstić information content (AvgIpc) is 3.04. The maximum Gasteiger partial charge on any atom is 0.117 e. The second-order valence-corrected chi connectivity index (χ2v) is 4.99. The number of fused-ring (bicyclic) bond motifs is 1. The van der Waals surface area contributed by atoms with E-state index in [9.17, 15) is 0 Å². The number of hydrogen-bond acceptors (Lipinski definition) is 3. The summed E-state index contributed by atoms with van der Waals surface area (Å²) < 4.78 is 5.51. The molecular weight excluding hydrogens is 286 g/mol. The van der Waals surface area contributed by atoms with E-state index in [0.717, 1.165) is 54.3 Å². The summed E-state index contributed by atoms with van der Waals surface area (Å²) >= 11 is 0. The van der Waals surface area contributed by atoms with Gasteiger partial charge >= 0.3 is 0 Å². The van der Waals surface area contributed by atoms with Crippen molar-refractivity contribution in [3.8, 4) is 0 Å². The topological polar surface area (TPSA) is 53.9 Å². The molecular formula is C16H20ClN3O. The Morgan fingerprint density at radius 3 is 2.81 bits per heavy atom. The van der Waals surface area contributed by atoms with Crippen LogP contribution in [0.25, 0.3) is 11.0 Å². The van der Waals surface area contributed by atoms with Crippen molar-refractivity contribution >= 4 is 23.4 Å². The first-order chi connectivity index (χ1) is 9.81. The Balaban J connectivity index is 0.00000161. The number of nitrogens with one attached hydrogen (secondary N) is 2. The summed E-state index contributed by atoms with van der Waals surface area (Å²) in [5.74, 6) is 3.01. The fourth-order valence-electron chi connectivity index (χ4n) is 2.30. The summed E-state index contributed by atoms with van der Waals surface area (Å²) in [6, 6.07) is 12.1. The van der Waals surface area contributed by atoms with Crippen LogP contribution in [0.4, 0.5) is 0 Å². The number of hydrogen-bond donors (Lipinski definition) is 2. The second-order valence-electron chi connectivity index (χ2n) is 4.99. The number of para-hydroxylation sites is 2. The van der Waals surface area contributed by atoms with Gasteiger partial charge in [-0.25, -0.2) is 4.98 Å². The van der Waals surface area contributed by atoms with Gasteiger partial charge in [0.1, 0.15) is 17.3 Å². The number of furan rings is 1. The standard InChI is InChI=1S/C16H19N3O.ClH/c1-12-8-9-13(20-12)11-17-10-4-7-16-18-14-5-2-3-6-15(14)19-16;/h2-3,5-6,8-9,17H,4,7,10-11H2,1H3,(H,18,19);1H. The van der Waals surface area contributed by atoms with E-state index in [-0.39, 0.29) is 12.4 Å². The number of aromatic nitrogens is 2. The number of imidazole rings is 1. The lowest BCUT2D eigenvalue weighted by molar-refractivity contribution is 0.460. The van der Waals surface area contributed by atoms with Crippen molar-refractivity contribution in [1.29, 1.82) is 0 Å². The predicted molar refractivity (Wildman–Crippen MR) is 86.8 cm³/mol. The van der Waals surface area contributed by atoms with E-state index in [4.69, 9.17) is 4.42 Å². The smallest absolute Gasteiger partial charge is 0.117 e. The van der Waals surface area contributed by atoms with Crippen LogP contribution in [0.2, 0.25) is 0 Å². The fourth-order valence-corrected chi connectivity index (χ4v) is 2.30. The van der Waals surface area contributed by atoms with Crippen molar-refractivity contribution in [2.75, 3.05) is 6.54 Å². The van der Waals surface area contributed by atoms with Crippen LogP contribution < -0.4 is 5.32 Å². The van der Waals surface area contributed by atoms with Gasteiger partial charge in [-0.05, 0) is 44.2 Å². The zero-order valence-corrected chi connectivity index (χ0v) is 12.9. The largest absolute Gasteiger partial charge is 0.465 e. The zero-order valence-electron chi connectivity index (χ0n) is 12.1. The highest BCUT2D eigenvalue weighted by Gasteiger charge is 2.02. The monoisotopic (exact) mass is 305 g/mol. The van der Waals surface area contributed by atoms with Gasteiger partial charge in [0.25, 0.3) is 0 Å². The Kier molecular flexibility index (Phi) is 5.42. The number of nitrogens with zero attached hydrogens (tertiary/aromatic N) is 1. The molecule has 21 heavy (non-hydrogen) atoms. The molecule has 0 saturated carbocycles. The molecule has 5 heteroatoms. The molecule has 2 heterocycles. The van der Waals surface area contributed by atoms with Crippen LogP contribution in [0.5, 0.6) is 0 Å². The Labute approximate surface area is 130 Å². The summed E-state index contributed by atoms with van der Waals surface area (Å²) in [5, 5.41) is 3.38. The highest BCUT2D eigenvalue weighted by molar-refractivity contribution is 5.85. The maximum atomic E-state index is 5.51. The van der Waals surface area contributed by atoms with Crippen LogP contribution in [0.3, 0.4) is 0 Å². The van der Waals surface area contributed by atoms with E-state index < -0.39 is 0 Å². The lowest BCUT2D eigenvalue weighted by Crippen LogP contribution is -2.15. The minimum absolute atomic E-state index is 0. The lowest BCUT2D eigenvalue weighted by atomic mass is 10.3. The first kappa shape index (κ1) is 15.6. The molecule has 3 aromatic rings. The van der Waals surface area contributed by atoms with Crippen LogP contribution in [0, 0.1) is 6.92 Å². The molecule has 0 saturated heterocycles. The van der Waals surface area contributed by atoms with Gasteiger partial charge in [0.2, 0.25) is 0 Å². The summed E-state index contributed by atoms with van der Waals surface area (Å²) in [6.45, 7) is 3.70. The maximum absolute atomic E-state index is 5.51. The second kappa shape index (κ2) is 7.29. The van der Waals surface area contributed by atoms with E-state index in [1.165, 1.54) is 0 Å². The number of aryl methyl sites for hydroxylation is 2. The molecule has 1 aromatic carbocycles. The van der Waals surface area contributed by atoms with Gasteiger partial charge < -0.3 is 14.7 Å². The van der Waals surface area contributed by atoms with E-state index in [0.29, 0.717) is 0 Å². The quantitative estimate of drug-likeness (QED) is 0.684. The van der Waals surface area contributed by atoms with Crippen LogP contribution in [-0.4, -0.2) is 16.5 Å². The van der Waals surface area contributed by atoms with E-state index >= 15 is 0 Å². The van der Waals surface area contributed by atoms with Crippen molar-refractivity contribution in [2.45, 2.75) is 26.3 Å². The van der Waals surface area contributed by atoms with Gasteiger partial charge in [-0.15, -0.1) is 12.4 Å². The molecule has 0 fully saturated rings. The van der Waals surface area contributed by atoms with E-state index in [2.05, 4.69) is 21.4 Å². The van der Waals surface area contributed by atoms with Crippen molar-refractivity contribution in [2.24, 2.45) is 0 Å². The number of rotatable bonds is 6. The van der Waals surface area contributed by atoms with Crippen LogP contribution in [0.15, 0.2) is 40.8 Å². The predicted octanol–water partition coefficient (Wildman–Crippen LogP) is 3.61. The van der Waals surface area contributed by atoms with Gasteiger partial charge in [-0.1, -0.05) is 12.1 Å². The molecule has 0 spiro atoms. The Hall–Kier alpha value is -1.78. The van der Waals surface area contributed by atoms with Gasteiger partial charge in [-0.3, -0.25) is 0 Å². The Morgan fingerprint density at radius 2 is 2.05 bits per heavy atom. The normalized spacial score (nSPS) is 10.7. The third-order valence-electron chi connectivity index (χ3n) is 3.30. The van der Waals surface area contributed by atoms with E-state index in [1.54, 1.807) is 0 Å². The minimum atomic E-state index is 0. The molecule has 0 aliphatic heterocycles. The zero-order chi connectivity index (χ0) is 13.8. The first-order valence-corrected chi connectivity index (χ1v) is 7.01. The summed E-state index contributed by atoms with van der Waals surface area (Å²) in [6.07, 6.45) is 2.01. The first-order valence-electron chi connectivity index (χ1n) is 7.01. The molecule has 0 bridgehead atoms. The van der Waals surface area contributed by atoms with Crippen molar-refractivity contribution in [3.63, 3.8) is 0 Å². The van der Waals surface area contributed by atoms with Crippen molar-refractivity contribution in [3.05, 3.63) is 53.7 Å². The molecule has 2 N–H and O–H groups in total. The molecule has 0 aliphatic rings. The number of aromatic amines is 1. The molecule has 0 unspecified atom stereocenters. The average molecular weight is 306 g/mol. The fraction of sp³-hybridized carbons (Fsp3) is 0.312. The molecule has 2 aromatic heterocycles. The summed E-state index contributed by atoms with van der Waals surface area (Å²) in [7, 11) is 0. The van der Waals surface area contributed by atoms with Gasteiger partial charge in [0.05, 0.1) is 17.6 Å². The minimum Gasteiger partial charge on any atom is -0.465 e. The molecule has 3 rings (SSSR count). The van der Waals surface area contributed by atoms with E-state index in [1.807, 2.05) is 37.3 Å². The van der Waals surface area contributed by atoms with Gasteiger partial charge in [0, 0.05) is 6.42 Å². The summed E-state index contributed by atoms with van der Waals surface area (Å²) in [5.41, 5.74) is 2.16. The Morgan fingerprint density at radius 1 is 1.19 bits per heavy atom. The molecule has 0 radical (unpaired) electrons. The molecule has 0 amide bonds. The highest BCUT2D eigenvalue weighted by Crippen LogP contribution is 2.11. The molecule has 4 nitrogen and oxygen atoms in total. The van der Waals surface area contributed by atoms with Crippen LogP contribution >= 0.6 is 12.4 Å². The van der Waals surface area contributed by atoms with Crippen LogP contribution in [0.1, 0.15) is 23.8 Å². The lowest BCUT2D eigenvalue weighted by Gasteiger charge is -2.01. The van der Waals surface area contributed by atoms with Crippen LogP contribution in [-0.2, 0) is 13.0 Å². The third kappa shape index (κ3) is 4.09. The highest BCUT2D eigenvalue weighted by atomic mass is 35.5. The van der Waals surface area contributed by atoms with Crippen molar-refractivity contribution in [1.82, 2.24) is 15.3 Å². The van der Waals surface area contributed by atoms with Gasteiger partial charge in [0.15, 0.2) is 0 Å². The molecule has 0 atom stereocenters. The Bertz CT molecular complexity index is 656. The summed E-state index contributed by atoms with van der Waals surface area (Å²) in [4.78, 5) is 7.92. The van der Waals surface area contributed by atoms with Crippen molar-refractivity contribution < 1.29 is 4.42 Å².